The fourth-order valence-corrected chi connectivity index (χ4v) is 2.93. The quantitative estimate of drug-likeness (QED) is 0.563. The van der Waals surface area contributed by atoms with Crippen LogP contribution in [-0.4, -0.2) is 36.9 Å². The van der Waals surface area contributed by atoms with Crippen molar-refractivity contribution in [3.8, 4) is 0 Å². The van der Waals surface area contributed by atoms with Crippen LogP contribution in [0.1, 0.15) is 18.2 Å². The second-order valence-corrected chi connectivity index (χ2v) is 6.37. The molecule has 0 aliphatic rings. The van der Waals surface area contributed by atoms with E-state index in [-0.39, 0.29) is 12.4 Å². The van der Waals surface area contributed by atoms with Crippen molar-refractivity contribution in [1.29, 1.82) is 0 Å². The van der Waals surface area contributed by atoms with E-state index in [1.165, 1.54) is 4.88 Å². The van der Waals surface area contributed by atoms with Crippen LogP contribution in [0.5, 0.6) is 0 Å². The van der Waals surface area contributed by atoms with Gasteiger partial charge in [-0.3, -0.25) is 4.79 Å². The molecule has 1 heterocycles. The van der Waals surface area contributed by atoms with Crippen LogP contribution in [-0.2, 0) is 16.0 Å². The molecule has 4 nitrogen and oxygen atoms in total. The number of aliphatic hydroxyl groups is 1. The number of esters is 1. The summed E-state index contributed by atoms with van der Waals surface area (Å²) in [5, 5.41) is 12.7. The van der Waals surface area contributed by atoms with Crippen LogP contribution in [0.25, 0.3) is 0 Å². The van der Waals surface area contributed by atoms with E-state index < -0.39 is 6.10 Å². The first kappa shape index (κ1) is 15.6. The zero-order valence-corrected chi connectivity index (χ0v) is 12.7. The number of rotatable bonds is 8. The highest BCUT2D eigenvalue weighted by atomic mass is 79.9. The zero-order chi connectivity index (χ0) is 13.4. The fourth-order valence-electron chi connectivity index (χ4n) is 1.45. The minimum Gasteiger partial charge on any atom is -0.466 e. The molecule has 1 aromatic heterocycles. The van der Waals surface area contributed by atoms with Crippen LogP contribution in [0.3, 0.4) is 0 Å². The molecule has 6 heteroatoms. The van der Waals surface area contributed by atoms with Crippen molar-refractivity contribution in [3.05, 3.63) is 20.8 Å². The maximum Gasteiger partial charge on any atom is 0.308 e. The number of thiophene rings is 1. The number of halogens is 1. The Hall–Kier alpha value is -0.430. The lowest BCUT2D eigenvalue weighted by Gasteiger charge is -2.10. The molecule has 1 atom stereocenters. The van der Waals surface area contributed by atoms with Gasteiger partial charge in [0, 0.05) is 18.0 Å². The van der Waals surface area contributed by atoms with Crippen molar-refractivity contribution >= 4 is 33.2 Å². The number of carbonyl (C=O) groups excluding carboxylic acids is 1. The largest absolute Gasteiger partial charge is 0.466 e. The monoisotopic (exact) mass is 335 g/mol. The Morgan fingerprint density at radius 1 is 1.61 bits per heavy atom. The predicted molar refractivity (Wildman–Crippen MR) is 75.8 cm³/mol. The summed E-state index contributed by atoms with van der Waals surface area (Å²) in [5.41, 5.74) is 0. The highest BCUT2D eigenvalue weighted by Gasteiger charge is 2.10. The highest BCUT2D eigenvalue weighted by molar-refractivity contribution is 9.11. The molecular formula is C12H18BrNO3S. The normalized spacial score (nSPS) is 12.4. The van der Waals surface area contributed by atoms with Crippen molar-refractivity contribution in [1.82, 2.24) is 5.32 Å². The first-order chi connectivity index (χ1) is 8.61. The lowest BCUT2D eigenvalue weighted by atomic mass is 10.2. The van der Waals surface area contributed by atoms with Crippen LogP contribution in [0.15, 0.2) is 15.9 Å². The second kappa shape index (κ2) is 8.63. The number of hydrogen-bond acceptors (Lipinski definition) is 5. The van der Waals surface area contributed by atoms with E-state index in [9.17, 15) is 9.90 Å². The maximum absolute atomic E-state index is 11.1. The number of nitrogens with one attached hydrogen (secondary N) is 1. The molecule has 1 aromatic rings. The lowest BCUT2D eigenvalue weighted by Crippen LogP contribution is -2.30. The first-order valence-corrected chi connectivity index (χ1v) is 7.51. The Bertz CT molecular complexity index is 370. The molecule has 1 rings (SSSR count). The standard InChI is InChI=1S/C12H18BrNO3S/c1-2-17-12(16)7-9(15)8-14-6-5-10-3-4-11(13)18-10/h3-4,9,14-15H,2,5-8H2,1H3. The van der Waals surface area contributed by atoms with E-state index in [1.807, 2.05) is 6.07 Å². The number of hydrogen-bond donors (Lipinski definition) is 2. The second-order valence-electron chi connectivity index (χ2n) is 3.82. The predicted octanol–water partition coefficient (Wildman–Crippen LogP) is 1.96. The summed E-state index contributed by atoms with van der Waals surface area (Å²) in [6.07, 6.45) is 0.285. The molecule has 0 amide bonds. The van der Waals surface area contributed by atoms with Gasteiger partial charge in [-0.15, -0.1) is 11.3 Å². The van der Waals surface area contributed by atoms with Crippen molar-refractivity contribution in [2.24, 2.45) is 0 Å². The summed E-state index contributed by atoms with van der Waals surface area (Å²) in [6.45, 7) is 3.30. The molecule has 0 fully saturated rings. The summed E-state index contributed by atoms with van der Waals surface area (Å²) in [7, 11) is 0. The Labute approximate surface area is 119 Å². The fraction of sp³-hybridized carbons (Fsp3) is 0.583. The summed E-state index contributed by atoms with van der Waals surface area (Å²) in [6, 6.07) is 4.10. The van der Waals surface area contributed by atoms with E-state index in [4.69, 9.17) is 4.74 Å². The van der Waals surface area contributed by atoms with Gasteiger partial charge in [0.15, 0.2) is 0 Å². The lowest BCUT2D eigenvalue weighted by molar-refractivity contribution is -0.145. The Balaban J connectivity index is 2.08. The SMILES string of the molecule is CCOC(=O)CC(O)CNCCc1ccc(Br)s1. The van der Waals surface area contributed by atoms with Gasteiger partial charge < -0.3 is 15.2 Å². The van der Waals surface area contributed by atoms with Crippen LogP contribution in [0.2, 0.25) is 0 Å². The van der Waals surface area contributed by atoms with Gasteiger partial charge in [-0.25, -0.2) is 0 Å². The molecule has 0 saturated heterocycles. The molecule has 1 unspecified atom stereocenters. The number of aliphatic hydroxyl groups excluding tert-OH is 1. The smallest absolute Gasteiger partial charge is 0.308 e. The van der Waals surface area contributed by atoms with Crippen molar-refractivity contribution < 1.29 is 14.6 Å². The molecule has 2 N–H and O–H groups in total. The topological polar surface area (TPSA) is 58.6 Å². The third-order valence-corrected chi connectivity index (χ3v) is 3.95. The third-order valence-electron chi connectivity index (χ3n) is 2.26. The highest BCUT2D eigenvalue weighted by Crippen LogP contribution is 2.21. The van der Waals surface area contributed by atoms with E-state index in [2.05, 4.69) is 27.3 Å². The van der Waals surface area contributed by atoms with Gasteiger partial charge in [-0.05, 0) is 41.4 Å². The average molecular weight is 336 g/mol. The summed E-state index contributed by atoms with van der Waals surface area (Å²) >= 11 is 5.12. The van der Waals surface area contributed by atoms with E-state index >= 15 is 0 Å². The Kier molecular flexibility index (Phi) is 7.50. The minimum atomic E-state index is -0.681. The van der Waals surface area contributed by atoms with Crippen LogP contribution < -0.4 is 5.32 Å². The molecule has 0 spiro atoms. The van der Waals surface area contributed by atoms with Crippen molar-refractivity contribution in [2.75, 3.05) is 19.7 Å². The molecule has 18 heavy (non-hydrogen) atoms. The van der Waals surface area contributed by atoms with Crippen molar-refractivity contribution in [2.45, 2.75) is 25.9 Å². The van der Waals surface area contributed by atoms with E-state index in [0.29, 0.717) is 13.2 Å². The number of ether oxygens (including phenoxy) is 1. The minimum absolute atomic E-state index is 0.0470. The van der Waals surface area contributed by atoms with Gasteiger partial charge in [0.1, 0.15) is 0 Å². The average Bonchev–Trinajstić information content (AvgIpc) is 2.71. The van der Waals surface area contributed by atoms with E-state index in [0.717, 1.165) is 16.8 Å². The van der Waals surface area contributed by atoms with Gasteiger partial charge in [-0.2, -0.15) is 0 Å². The molecular weight excluding hydrogens is 318 g/mol. The summed E-state index contributed by atoms with van der Waals surface area (Å²) in [4.78, 5) is 12.4. The first-order valence-electron chi connectivity index (χ1n) is 5.90. The molecule has 0 aliphatic carbocycles. The third kappa shape index (κ3) is 6.49. The zero-order valence-electron chi connectivity index (χ0n) is 10.3. The number of carbonyl (C=O) groups is 1. The molecule has 0 saturated carbocycles. The summed E-state index contributed by atoms with van der Waals surface area (Å²) < 4.78 is 5.89. The molecule has 0 bridgehead atoms. The molecule has 0 aromatic carbocycles. The van der Waals surface area contributed by atoms with Crippen LogP contribution >= 0.6 is 27.3 Å². The van der Waals surface area contributed by atoms with Crippen molar-refractivity contribution in [3.63, 3.8) is 0 Å². The van der Waals surface area contributed by atoms with Gasteiger partial charge in [-0.1, -0.05) is 0 Å². The maximum atomic E-state index is 11.1. The molecule has 0 radical (unpaired) electrons. The van der Waals surface area contributed by atoms with Gasteiger partial charge in [0.25, 0.3) is 0 Å². The Morgan fingerprint density at radius 2 is 2.39 bits per heavy atom. The van der Waals surface area contributed by atoms with Gasteiger partial charge in [0.05, 0.1) is 22.9 Å². The van der Waals surface area contributed by atoms with Gasteiger partial charge >= 0.3 is 5.97 Å². The van der Waals surface area contributed by atoms with Gasteiger partial charge in [0.2, 0.25) is 0 Å². The molecule has 102 valence electrons. The van der Waals surface area contributed by atoms with E-state index in [1.54, 1.807) is 18.3 Å². The van der Waals surface area contributed by atoms with Crippen LogP contribution in [0.4, 0.5) is 0 Å². The molecule has 0 aliphatic heterocycles. The summed E-state index contributed by atoms with van der Waals surface area (Å²) in [5.74, 6) is -0.353. The van der Waals surface area contributed by atoms with Crippen LogP contribution in [0, 0.1) is 0 Å². The Morgan fingerprint density at radius 3 is 3.00 bits per heavy atom.